The summed E-state index contributed by atoms with van der Waals surface area (Å²) >= 11 is 0. The zero-order chi connectivity index (χ0) is 17.3. The van der Waals surface area contributed by atoms with E-state index >= 15 is 0 Å². The predicted molar refractivity (Wildman–Crippen MR) is 91.5 cm³/mol. The molecule has 0 aliphatic carbocycles. The Morgan fingerprint density at radius 3 is 2.92 bits per heavy atom. The van der Waals surface area contributed by atoms with Gasteiger partial charge in [0.25, 0.3) is 5.91 Å². The van der Waals surface area contributed by atoms with E-state index in [0.29, 0.717) is 19.8 Å². The molecule has 136 valence electrons. The zero-order valence-corrected chi connectivity index (χ0v) is 14.8. The highest BCUT2D eigenvalue weighted by Crippen LogP contribution is 2.32. The van der Waals surface area contributed by atoms with Gasteiger partial charge in [-0.15, -0.1) is 0 Å². The number of ether oxygens (including phenoxy) is 1. The van der Waals surface area contributed by atoms with E-state index in [0.717, 1.165) is 39.0 Å². The number of hydrogen-bond donors (Lipinski definition) is 0. The lowest BCUT2D eigenvalue weighted by molar-refractivity contribution is -0.224. The van der Waals surface area contributed by atoms with Crippen LogP contribution in [-0.2, 0) is 20.9 Å². The van der Waals surface area contributed by atoms with Crippen molar-refractivity contribution in [1.82, 2.24) is 19.8 Å². The molecule has 1 spiro atoms. The zero-order valence-electron chi connectivity index (χ0n) is 14.8. The minimum absolute atomic E-state index is 0.0311. The minimum Gasteiger partial charge on any atom is -0.369 e. The van der Waals surface area contributed by atoms with Crippen LogP contribution in [-0.4, -0.2) is 83.8 Å². The molecule has 7 nitrogen and oxygen atoms in total. The van der Waals surface area contributed by atoms with Crippen molar-refractivity contribution in [3.63, 3.8) is 0 Å². The van der Waals surface area contributed by atoms with Crippen molar-refractivity contribution in [2.45, 2.75) is 31.0 Å². The molecule has 25 heavy (non-hydrogen) atoms. The molecule has 4 heterocycles. The Kier molecular flexibility index (Phi) is 4.73. The molecule has 0 N–H and O–H groups in total. The van der Waals surface area contributed by atoms with E-state index in [1.54, 1.807) is 6.20 Å². The number of rotatable bonds is 3. The normalized spacial score (nSPS) is 27.2. The summed E-state index contributed by atoms with van der Waals surface area (Å²) in [5, 5.41) is 1.53. The Morgan fingerprint density at radius 1 is 1.36 bits per heavy atom. The van der Waals surface area contributed by atoms with Gasteiger partial charge in [0.2, 0.25) is 0 Å². The molecular weight excluding hydrogens is 320 g/mol. The predicted octanol–water partition coefficient (Wildman–Crippen LogP) is 0.521. The maximum absolute atomic E-state index is 12.6. The summed E-state index contributed by atoms with van der Waals surface area (Å²) in [6, 6.07) is 3.82. The SMILES string of the molecule is CN1CC2(CN(Cc3cccnc3)C2)OC[C@H]1C(=O)N1CCCCO1. The lowest BCUT2D eigenvalue weighted by atomic mass is 9.90. The number of hydroxylamine groups is 2. The summed E-state index contributed by atoms with van der Waals surface area (Å²) in [5.41, 5.74) is 1.08. The standard InChI is InChI=1S/C18H26N4O3/c1-20-12-18(13-21(14-18)10-15-5-4-6-19-9-15)24-11-16(20)17(23)22-7-2-3-8-25-22/h4-6,9,16H,2-3,7-8,10-14H2,1H3/t16-/m0/s1. The van der Waals surface area contributed by atoms with Crippen molar-refractivity contribution >= 4 is 5.91 Å². The number of aromatic nitrogens is 1. The maximum atomic E-state index is 12.6. The molecule has 0 unspecified atom stereocenters. The van der Waals surface area contributed by atoms with E-state index < -0.39 is 0 Å². The molecule has 4 rings (SSSR count). The highest BCUT2D eigenvalue weighted by atomic mass is 16.7. The summed E-state index contributed by atoms with van der Waals surface area (Å²) in [6.45, 7) is 5.23. The Bertz CT molecular complexity index is 600. The van der Waals surface area contributed by atoms with Gasteiger partial charge < -0.3 is 4.74 Å². The fourth-order valence-corrected chi connectivity index (χ4v) is 4.01. The number of pyridine rings is 1. The van der Waals surface area contributed by atoms with Crippen molar-refractivity contribution in [3.05, 3.63) is 30.1 Å². The molecule has 0 bridgehead atoms. The highest BCUT2D eigenvalue weighted by Gasteiger charge is 2.50. The van der Waals surface area contributed by atoms with Crippen LogP contribution in [0.2, 0.25) is 0 Å². The number of carbonyl (C=O) groups excluding carboxylic acids is 1. The topological polar surface area (TPSA) is 58.1 Å². The Hall–Kier alpha value is -1.54. The lowest BCUT2D eigenvalue weighted by Crippen LogP contribution is -2.72. The first kappa shape index (κ1) is 16.9. The third-order valence-corrected chi connectivity index (χ3v) is 5.30. The Morgan fingerprint density at radius 2 is 2.24 bits per heavy atom. The molecule has 1 amide bonds. The van der Waals surface area contributed by atoms with Crippen molar-refractivity contribution in [3.8, 4) is 0 Å². The van der Waals surface area contributed by atoms with E-state index in [4.69, 9.17) is 9.57 Å². The summed E-state index contributed by atoms with van der Waals surface area (Å²) in [4.78, 5) is 26.8. The van der Waals surface area contributed by atoms with Crippen molar-refractivity contribution in [2.75, 3.05) is 46.4 Å². The van der Waals surface area contributed by atoms with E-state index in [9.17, 15) is 4.79 Å². The Balaban J connectivity index is 1.29. The first-order chi connectivity index (χ1) is 12.2. The summed E-state index contributed by atoms with van der Waals surface area (Å²) < 4.78 is 6.16. The van der Waals surface area contributed by atoms with E-state index in [1.807, 2.05) is 19.3 Å². The molecule has 1 atom stereocenters. The second-order valence-corrected chi connectivity index (χ2v) is 7.41. The molecule has 3 saturated heterocycles. The second-order valence-electron chi connectivity index (χ2n) is 7.41. The van der Waals surface area contributed by atoms with Gasteiger partial charge in [-0.25, -0.2) is 5.06 Å². The largest absolute Gasteiger partial charge is 0.369 e. The second kappa shape index (κ2) is 6.99. The van der Waals surface area contributed by atoms with Gasteiger partial charge in [-0.2, -0.15) is 0 Å². The first-order valence-electron chi connectivity index (χ1n) is 9.05. The molecule has 3 fully saturated rings. The molecule has 0 radical (unpaired) electrons. The fraction of sp³-hybridized carbons (Fsp3) is 0.667. The first-order valence-corrected chi connectivity index (χ1v) is 9.05. The maximum Gasteiger partial charge on any atom is 0.265 e. The van der Waals surface area contributed by atoms with Crippen LogP contribution in [0.1, 0.15) is 18.4 Å². The number of nitrogens with zero attached hydrogens (tertiary/aromatic N) is 4. The quantitative estimate of drug-likeness (QED) is 0.795. The number of likely N-dealkylation sites (tertiary alicyclic amines) is 1. The summed E-state index contributed by atoms with van der Waals surface area (Å²) in [6.07, 6.45) is 5.74. The van der Waals surface area contributed by atoms with Crippen LogP contribution in [0.15, 0.2) is 24.5 Å². The number of carbonyl (C=O) groups is 1. The van der Waals surface area contributed by atoms with Gasteiger partial charge in [-0.3, -0.25) is 24.4 Å². The molecule has 0 saturated carbocycles. The smallest absolute Gasteiger partial charge is 0.265 e. The van der Waals surface area contributed by atoms with Crippen molar-refractivity contribution < 1.29 is 14.4 Å². The number of morpholine rings is 1. The molecule has 0 aromatic carbocycles. The van der Waals surface area contributed by atoms with Crippen LogP contribution >= 0.6 is 0 Å². The van der Waals surface area contributed by atoms with Gasteiger partial charge in [0.05, 0.1) is 13.2 Å². The van der Waals surface area contributed by atoms with E-state index in [2.05, 4.69) is 20.9 Å². The lowest BCUT2D eigenvalue weighted by Gasteiger charge is -2.55. The van der Waals surface area contributed by atoms with Crippen molar-refractivity contribution in [1.29, 1.82) is 0 Å². The van der Waals surface area contributed by atoms with Gasteiger partial charge in [0, 0.05) is 45.1 Å². The van der Waals surface area contributed by atoms with Gasteiger partial charge in [0.1, 0.15) is 11.6 Å². The van der Waals surface area contributed by atoms with Crippen LogP contribution in [0.4, 0.5) is 0 Å². The molecule has 3 aliphatic heterocycles. The molecule has 7 heteroatoms. The average Bonchev–Trinajstić information content (AvgIpc) is 2.62. The number of amides is 1. The highest BCUT2D eigenvalue weighted by molar-refractivity contribution is 5.81. The van der Waals surface area contributed by atoms with Crippen LogP contribution < -0.4 is 0 Å². The summed E-state index contributed by atoms with van der Waals surface area (Å²) in [5.74, 6) is 0.0311. The van der Waals surface area contributed by atoms with Crippen LogP contribution in [0, 0.1) is 0 Å². The molecule has 1 aromatic rings. The van der Waals surface area contributed by atoms with E-state index in [1.165, 1.54) is 10.6 Å². The van der Waals surface area contributed by atoms with Crippen molar-refractivity contribution in [2.24, 2.45) is 0 Å². The van der Waals surface area contributed by atoms with Gasteiger partial charge in [-0.05, 0) is 31.5 Å². The van der Waals surface area contributed by atoms with Crippen LogP contribution in [0.5, 0.6) is 0 Å². The van der Waals surface area contributed by atoms with Gasteiger partial charge in [-0.1, -0.05) is 6.07 Å². The summed E-state index contributed by atoms with van der Waals surface area (Å²) in [7, 11) is 2.01. The van der Waals surface area contributed by atoms with Gasteiger partial charge >= 0.3 is 0 Å². The fourth-order valence-electron chi connectivity index (χ4n) is 4.01. The molecule has 3 aliphatic rings. The molecule has 1 aromatic heterocycles. The van der Waals surface area contributed by atoms with Gasteiger partial charge in [0.15, 0.2) is 0 Å². The van der Waals surface area contributed by atoms with E-state index in [-0.39, 0.29) is 17.6 Å². The Labute approximate surface area is 148 Å². The van der Waals surface area contributed by atoms with Crippen LogP contribution in [0.3, 0.4) is 0 Å². The average molecular weight is 346 g/mol. The third kappa shape index (κ3) is 3.55. The third-order valence-electron chi connectivity index (χ3n) is 5.30. The number of hydrogen-bond acceptors (Lipinski definition) is 6. The monoisotopic (exact) mass is 346 g/mol. The minimum atomic E-state index is -0.240. The number of likely N-dealkylation sites (N-methyl/N-ethyl adjacent to an activating group) is 1. The van der Waals surface area contributed by atoms with Crippen LogP contribution in [0.25, 0.3) is 0 Å². The molecular formula is C18H26N4O3.